The number of nitrogens with two attached hydrogens (primary N) is 1. The van der Waals surface area contributed by atoms with E-state index < -0.39 is 0 Å². The number of morpholine rings is 1. The third-order valence-corrected chi connectivity index (χ3v) is 5.64. The Bertz CT molecular complexity index is 811. The third kappa shape index (κ3) is 6.32. The number of carbonyl (C=O) groups excluding carboxylic acids is 1. The molecule has 1 unspecified atom stereocenters. The first-order valence-electron chi connectivity index (χ1n) is 9.80. The van der Waals surface area contributed by atoms with Gasteiger partial charge in [0.15, 0.2) is 5.17 Å². The van der Waals surface area contributed by atoms with Crippen LogP contribution in [0.3, 0.4) is 0 Å². The Kier molecular flexibility index (Phi) is 7.69. The van der Waals surface area contributed by atoms with Crippen molar-refractivity contribution < 1.29 is 9.53 Å². The lowest BCUT2D eigenvalue weighted by Crippen LogP contribution is -2.30. The number of nitrogens with one attached hydrogen (secondary N) is 2. The fourth-order valence-electron chi connectivity index (χ4n) is 3.12. The topological polar surface area (TPSA) is 88.7 Å². The van der Waals surface area contributed by atoms with Gasteiger partial charge < -0.3 is 21.1 Å². The van der Waals surface area contributed by atoms with Crippen LogP contribution in [0, 0.1) is 0 Å². The van der Waals surface area contributed by atoms with E-state index >= 15 is 0 Å². The van der Waals surface area contributed by atoms with Gasteiger partial charge in [-0.1, -0.05) is 42.1 Å². The van der Waals surface area contributed by atoms with Gasteiger partial charge in [-0.2, -0.15) is 0 Å². The smallest absolute Gasteiger partial charge is 0.255 e. The first kappa shape index (κ1) is 21.4. The molecule has 0 bridgehead atoms. The average Bonchev–Trinajstić information content (AvgIpc) is 2.76. The first-order chi connectivity index (χ1) is 14.1. The Balaban J connectivity index is 0.000000343. The zero-order valence-electron chi connectivity index (χ0n) is 16.7. The van der Waals surface area contributed by atoms with E-state index in [0.717, 1.165) is 49.7 Å². The molecule has 4 N–H and O–H groups in total. The van der Waals surface area contributed by atoms with Crippen LogP contribution >= 0.6 is 11.8 Å². The number of para-hydroxylation sites is 1. The van der Waals surface area contributed by atoms with Crippen molar-refractivity contribution in [2.75, 3.05) is 37.4 Å². The molecule has 29 heavy (non-hydrogen) atoms. The van der Waals surface area contributed by atoms with Gasteiger partial charge in [0.25, 0.3) is 5.91 Å². The largest absolute Gasteiger partial charge is 0.379 e. The van der Waals surface area contributed by atoms with Crippen molar-refractivity contribution in [3.8, 4) is 0 Å². The highest BCUT2D eigenvalue weighted by molar-refractivity contribution is 8.13. The second-order valence-electron chi connectivity index (χ2n) is 7.08. The third-order valence-electron chi connectivity index (χ3n) is 4.84. The highest BCUT2D eigenvalue weighted by Crippen LogP contribution is 2.34. The lowest BCUT2D eigenvalue weighted by atomic mass is 9.89. The van der Waals surface area contributed by atoms with Gasteiger partial charge in [-0.05, 0) is 43.2 Å². The van der Waals surface area contributed by atoms with Crippen molar-refractivity contribution in [3.63, 3.8) is 0 Å². The number of anilines is 1. The number of ether oxygens (including phenoxy) is 1. The monoisotopic (exact) mass is 412 g/mol. The van der Waals surface area contributed by atoms with Gasteiger partial charge in [0, 0.05) is 30.1 Å². The zero-order chi connectivity index (χ0) is 20.5. The van der Waals surface area contributed by atoms with Gasteiger partial charge in [0.2, 0.25) is 0 Å². The number of amidine groups is 1. The van der Waals surface area contributed by atoms with Gasteiger partial charge in [-0.3, -0.25) is 9.79 Å². The minimum absolute atomic E-state index is 0.116. The lowest BCUT2D eigenvalue weighted by Gasteiger charge is -2.29. The molecule has 2 aromatic carbocycles. The Morgan fingerprint density at radius 3 is 2.38 bits per heavy atom. The van der Waals surface area contributed by atoms with Crippen molar-refractivity contribution in [3.05, 3.63) is 65.7 Å². The van der Waals surface area contributed by atoms with Crippen LogP contribution in [0.5, 0.6) is 0 Å². The van der Waals surface area contributed by atoms with E-state index in [0.29, 0.717) is 10.7 Å². The molecule has 1 atom stereocenters. The lowest BCUT2D eigenvalue weighted by molar-refractivity contribution is 0.102. The molecule has 7 heteroatoms. The second kappa shape index (κ2) is 10.4. The summed E-state index contributed by atoms with van der Waals surface area (Å²) in [6.07, 6.45) is 0.938. The van der Waals surface area contributed by atoms with Crippen LogP contribution in [0.25, 0.3) is 0 Å². The molecule has 2 aromatic rings. The molecule has 2 heterocycles. The molecule has 0 aliphatic carbocycles. The molecule has 6 nitrogen and oxygen atoms in total. The van der Waals surface area contributed by atoms with E-state index in [1.165, 1.54) is 0 Å². The van der Waals surface area contributed by atoms with E-state index in [2.05, 4.69) is 22.5 Å². The van der Waals surface area contributed by atoms with Crippen molar-refractivity contribution >= 4 is 28.5 Å². The number of hydrogen-bond acceptors (Lipinski definition) is 6. The molecule has 2 aliphatic rings. The number of amides is 1. The van der Waals surface area contributed by atoms with E-state index in [-0.39, 0.29) is 11.4 Å². The maximum Gasteiger partial charge on any atom is 0.255 e. The molecule has 4 rings (SSSR count). The molecular weight excluding hydrogens is 384 g/mol. The molecular formula is C22H28N4O2S. The molecule has 1 saturated heterocycles. The highest BCUT2D eigenvalue weighted by Gasteiger charge is 2.29. The molecule has 0 saturated carbocycles. The maximum atomic E-state index is 12.3. The van der Waals surface area contributed by atoms with Crippen LogP contribution in [0.1, 0.15) is 29.3 Å². The molecule has 2 aliphatic heterocycles. The minimum Gasteiger partial charge on any atom is -0.379 e. The van der Waals surface area contributed by atoms with Crippen molar-refractivity contribution in [1.82, 2.24) is 5.32 Å². The van der Waals surface area contributed by atoms with Crippen molar-refractivity contribution in [2.45, 2.75) is 18.9 Å². The summed E-state index contributed by atoms with van der Waals surface area (Å²) in [5.41, 5.74) is 8.05. The summed E-state index contributed by atoms with van der Waals surface area (Å²) in [4.78, 5) is 16.9. The van der Waals surface area contributed by atoms with E-state index in [1.54, 1.807) is 11.8 Å². The number of hydrogen-bond donors (Lipinski definition) is 3. The molecule has 0 aromatic heterocycles. The molecule has 0 radical (unpaired) electrons. The Hall–Kier alpha value is -2.35. The van der Waals surface area contributed by atoms with E-state index in [1.807, 2.05) is 54.6 Å². The standard InChI is InChI=1S/C18H19N3OS.C4H9NO/c1-18(11-12-23-17(19)21-18)14-9-7-13(8-10-14)16(22)20-15-5-3-2-4-6-15;1-3-6-4-2-5-1/h2-10H,11-12H2,1H3,(H2,19,21)(H,20,22);5H,1-4H2. The fraction of sp³-hybridized carbons (Fsp3) is 0.364. The number of rotatable bonds is 3. The second-order valence-corrected chi connectivity index (χ2v) is 8.20. The van der Waals surface area contributed by atoms with Crippen LogP contribution in [0.15, 0.2) is 59.6 Å². The first-order valence-corrected chi connectivity index (χ1v) is 10.8. The SMILES string of the molecule is C1COCCN1.CC1(c2ccc(C(=O)Nc3ccccc3)cc2)CCSC(N)=N1. The van der Waals surface area contributed by atoms with Crippen LogP contribution in [-0.4, -0.2) is 43.1 Å². The number of thioether (sulfide) groups is 1. The van der Waals surface area contributed by atoms with Gasteiger partial charge >= 0.3 is 0 Å². The highest BCUT2D eigenvalue weighted by atomic mass is 32.2. The predicted molar refractivity (Wildman–Crippen MR) is 121 cm³/mol. The van der Waals surface area contributed by atoms with Crippen molar-refractivity contribution in [1.29, 1.82) is 0 Å². The summed E-state index contributed by atoms with van der Waals surface area (Å²) >= 11 is 1.59. The fourth-order valence-corrected chi connectivity index (χ4v) is 4.09. The van der Waals surface area contributed by atoms with Gasteiger partial charge in [-0.15, -0.1) is 0 Å². The number of nitrogens with zero attached hydrogens (tertiary/aromatic N) is 1. The number of aliphatic imine (C=N–C) groups is 1. The summed E-state index contributed by atoms with van der Waals surface area (Å²) in [5.74, 6) is 0.845. The zero-order valence-corrected chi connectivity index (χ0v) is 17.5. The van der Waals surface area contributed by atoms with Crippen LogP contribution in [0.2, 0.25) is 0 Å². The number of benzene rings is 2. The van der Waals surface area contributed by atoms with Crippen LogP contribution in [-0.2, 0) is 10.3 Å². The Labute approximate surface area is 176 Å². The average molecular weight is 413 g/mol. The Morgan fingerprint density at radius 2 is 1.83 bits per heavy atom. The quantitative estimate of drug-likeness (QED) is 0.720. The molecule has 1 fully saturated rings. The van der Waals surface area contributed by atoms with Gasteiger partial charge in [0.05, 0.1) is 18.8 Å². The number of carbonyl (C=O) groups is 1. The molecule has 1 amide bonds. The van der Waals surface area contributed by atoms with Crippen LogP contribution < -0.4 is 16.4 Å². The van der Waals surface area contributed by atoms with Gasteiger partial charge in [0.1, 0.15) is 0 Å². The van der Waals surface area contributed by atoms with E-state index in [4.69, 9.17) is 10.5 Å². The summed E-state index contributed by atoms with van der Waals surface area (Å²) in [7, 11) is 0. The molecule has 0 spiro atoms. The minimum atomic E-state index is -0.302. The normalized spacial score (nSPS) is 21.3. The van der Waals surface area contributed by atoms with Gasteiger partial charge in [-0.25, -0.2) is 0 Å². The maximum absolute atomic E-state index is 12.3. The Morgan fingerprint density at radius 1 is 1.14 bits per heavy atom. The predicted octanol–water partition coefficient (Wildman–Crippen LogP) is 3.21. The molecule has 154 valence electrons. The summed E-state index contributed by atoms with van der Waals surface area (Å²) in [5, 5.41) is 6.67. The van der Waals surface area contributed by atoms with Crippen LogP contribution in [0.4, 0.5) is 5.69 Å². The van der Waals surface area contributed by atoms with Crippen molar-refractivity contribution in [2.24, 2.45) is 10.7 Å². The summed E-state index contributed by atoms with van der Waals surface area (Å²) in [6.45, 7) is 5.92. The summed E-state index contributed by atoms with van der Waals surface area (Å²) in [6, 6.07) is 17.0. The summed E-state index contributed by atoms with van der Waals surface area (Å²) < 4.78 is 5.01. The van der Waals surface area contributed by atoms with E-state index in [9.17, 15) is 4.79 Å².